The zero-order valence-corrected chi connectivity index (χ0v) is 16.7. The fourth-order valence-corrected chi connectivity index (χ4v) is 3.01. The van der Waals surface area contributed by atoms with Crippen molar-refractivity contribution in [3.63, 3.8) is 0 Å². The number of nitrogens with two attached hydrogens (primary N) is 1. The van der Waals surface area contributed by atoms with Gasteiger partial charge in [0, 0.05) is 23.4 Å². The van der Waals surface area contributed by atoms with Gasteiger partial charge in [-0.25, -0.2) is 13.8 Å². The van der Waals surface area contributed by atoms with E-state index in [1.165, 1.54) is 0 Å². The minimum Gasteiger partial charge on any atom is -0.490 e. The topological polar surface area (TPSA) is 78.4 Å². The number of carbonyl (C=O) groups is 1. The van der Waals surface area contributed by atoms with Crippen molar-refractivity contribution in [3.8, 4) is 17.0 Å². The van der Waals surface area contributed by atoms with Crippen LogP contribution in [0.15, 0.2) is 53.5 Å². The summed E-state index contributed by atoms with van der Waals surface area (Å²) in [6, 6.07) is 9.30. The van der Waals surface area contributed by atoms with Crippen LogP contribution >= 0.6 is 11.6 Å². The van der Waals surface area contributed by atoms with E-state index in [2.05, 4.69) is 11.6 Å². The molecule has 1 aromatic heterocycles. The van der Waals surface area contributed by atoms with Crippen molar-refractivity contribution in [2.75, 3.05) is 6.61 Å². The van der Waals surface area contributed by atoms with Crippen molar-refractivity contribution in [2.24, 2.45) is 5.73 Å². The second-order valence-electron chi connectivity index (χ2n) is 6.43. The summed E-state index contributed by atoms with van der Waals surface area (Å²) in [5.41, 5.74) is 5.76. The summed E-state index contributed by atoms with van der Waals surface area (Å²) in [4.78, 5) is 15.7. The predicted octanol–water partition coefficient (Wildman–Crippen LogP) is 5.11. The second-order valence-corrected chi connectivity index (χ2v) is 6.87. The molecule has 0 atom stereocenters. The van der Waals surface area contributed by atoms with E-state index in [9.17, 15) is 13.6 Å². The van der Waals surface area contributed by atoms with Gasteiger partial charge in [-0.05, 0) is 30.7 Å². The molecule has 0 aliphatic carbocycles. The molecule has 1 heterocycles. The third kappa shape index (κ3) is 4.86. The molecule has 0 radical (unpaired) electrons. The number of hydrogen-bond acceptors (Lipinski definition) is 4. The van der Waals surface area contributed by atoms with Crippen molar-refractivity contribution in [1.82, 2.24) is 4.98 Å². The fraction of sp³-hybridized carbons (Fsp3) is 0.182. The molecular formula is C22H19ClF2N2O3. The van der Waals surface area contributed by atoms with Gasteiger partial charge in [-0.3, -0.25) is 4.79 Å². The van der Waals surface area contributed by atoms with Crippen molar-refractivity contribution in [1.29, 1.82) is 0 Å². The van der Waals surface area contributed by atoms with Gasteiger partial charge in [0.2, 0.25) is 0 Å². The Morgan fingerprint density at radius 2 is 1.97 bits per heavy atom. The van der Waals surface area contributed by atoms with Crippen LogP contribution in [-0.4, -0.2) is 17.5 Å². The highest BCUT2D eigenvalue weighted by molar-refractivity contribution is 6.30. The summed E-state index contributed by atoms with van der Waals surface area (Å²) in [7, 11) is 0. The molecule has 3 rings (SSSR count). The highest BCUT2D eigenvalue weighted by Crippen LogP contribution is 2.27. The Morgan fingerprint density at radius 1 is 1.23 bits per heavy atom. The van der Waals surface area contributed by atoms with Crippen LogP contribution in [-0.2, 0) is 12.8 Å². The first-order valence-corrected chi connectivity index (χ1v) is 9.54. The zero-order valence-electron chi connectivity index (χ0n) is 16.0. The number of primary amides is 1. The Labute approximate surface area is 177 Å². The van der Waals surface area contributed by atoms with Crippen molar-refractivity contribution < 1.29 is 22.7 Å². The molecule has 0 saturated carbocycles. The lowest BCUT2D eigenvalue weighted by Gasteiger charge is -2.09. The first kappa shape index (κ1) is 21.5. The SMILES string of the molecule is C=CCc1oc(CCCOc2ccc(F)c(C(N)=O)c2F)nc1-c1ccc(Cl)cc1. The predicted molar refractivity (Wildman–Crippen MR) is 110 cm³/mol. The molecule has 8 heteroatoms. The number of halogens is 3. The molecule has 0 aliphatic rings. The molecule has 2 aromatic carbocycles. The maximum absolute atomic E-state index is 14.2. The minimum atomic E-state index is -1.19. The second kappa shape index (κ2) is 9.54. The van der Waals surface area contributed by atoms with Gasteiger partial charge >= 0.3 is 0 Å². The molecule has 0 spiro atoms. The van der Waals surface area contributed by atoms with E-state index in [1.54, 1.807) is 18.2 Å². The summed E-state index contributed by atoms with van der Waals surface area (Å²) >= 11 is 5.94. The highest BCUT2D eigenvalue weighted by atomic mass is 35.5. The lowest BCUT2D eigenvalue weighted by atomic mass is 10.1. The molecule has 0 unspecified atom stereocenters. The molecule has 156 valence electrons. The smallest absolute Gasteiger partial charge is 0.254 e. The minimum absolute atomic E-state index is 0.107. The van der Waals surface area contributed by atoms with E-state index < -0.39 is 23.1 Å². The monoisotopic (exact) mass is 432 g/mol. The van der Waals surface area contributed by atoms with Crippen LogP contribution in [0, 0.1) is 11.6 Å². The number of rotatable bonds is 9. The van der Waals surface area contributed by atoms with E-state index in [-0.39, 0.29) is 12.4 Å². The highest BCUT2D eigenvalue weighted by Gasteiger charge is 2.19. The van der Waals surface area contributed by atoms with Gasteiger partial charge in [0.25, 0.3) is 5.91 Å². The molecule has 5 nitrogen and oxygen atoms in total. The number of ether oxygens (including phenoxy) is 1. The molecule has 2 N–H and O–H groups in total. The summed E-state index contributed by atoms with van der Waals surface area (Å²) < 4.78 is 38.9. The van der Waals surface area contributed by atoms with Crippen LogP contribution in [0.3, 0.4) is 0 Å². The standard InChI is InChI=1S/C22H19ClF2N2O3/c1-2-4-17-21(13-6-8-14(23)9-7-13)27-18(30-17)5-3-12-29-16-11-10-15(24)19(20(16)25)22(26)28/h2,6-11H,1,3-5,12H2,(H2,26,28). The van der Waals surface area contributed by atoms with Crippen molar-refractivity contribution >= 4 is 17.5 Å². The number of benzene rings is 2. The number of amides is 1. The van der Waals surface area contributed by atoms with Crippen LogP contribution in [0.1, 0.15) is 28.4 Å². The van der Waals surface area contributed by atoms with Crippen molar-refractivity contribution in [3.05, 3.63) is 82.9 Å². The Balaban J connectivity index is 1.66. The van der Waals surface area contributed by atoms with Crippen molar-refractivity contribution in [2.45, 2.75) is 19.3 Å². The Hall–Kier alpha value is -3.19. The summed E-state index contributed by atoms with van der Waals surface area (Å²) in [6.45, 7) is 3.84. The Morgan fingerprint density at radius 3 is 2.63 bits per heavy atom. The number of allylic oxidation sites excluding steroid dienone is 1. The molecule has 3 aromatic rings. The lowest BCUT2D eigenvalue weighted by molar-refractivity contribution is 0.0991. The fourth-order valence-electron chi connectivity index (χ4n) is 2.89. The average molecular weight is 433 g/mol. The summed E-state index contributed by atoms with van der Waals surface area (Å²) in [5, 5.41) is 0.623. The third-order valence-corrected chi connectivity index (χ3v) is 4.54. The van der Waals surface area contributed by atoms with E-state index in [4.69, 9.17) is 26.5 Å². The van der Waals surface area contributed by atoms with Crippen LogP contribution < -0.4 is 10.5 Å². The molecule has 1 amide bonds. The molecule has 0 saturated heterocycles. The van der Waals surface area contributed by atoms with Crippen LogP contribution in [0.5, 0.6) is 5.75 Å². The maximum Gasteiger partial charge on any atom is 0.254 e. The summed E-state index contributed by atoms with van der Waals surface area (Å²) in [6.07, 6.45) is 3.12. The largest absolute Gasteiger partial charge is 0.490 e. The van der Waals surface area contributed by atoms with E-state index in [0.717, 1.165) is 17.7 Å². The van der Waals surface area contributed by atoms with E-state index in [1.807, 2.05) is 12.1 Å². The quantitative estimate of drug-likeness (QED) is 0.376. The van der Waals surface area contributed by atoms with Crippen LogP contribution in [0.2, 0.25) is 5.02 Å². The number of hydrogen-bond donors (Lipinski definition) is 1. The van der Waals surface area contributed by atoms with Crippen LogP contribution in [0.4, 0.5) is 8.78 Å². The van der Waals surface area contributed by atoms with Gasteiger partial charge in [-0.15, -0.1) is 6.58 Å². The van der Waals surface area contributed by atoms with E-state index >= 15 is 0 Å². The Kier molecular flexibility index (Phi) is 6.84. The number of aryl methyl sites for hydroxylation is 1. The zero-order chi connectivity index (χ0) is 21.7. The first-order chi connectivity index (χ1) is 14.4. The lowest BCUT2D eigenvalue weighted by Crippen LogP contribution is -2.16. The molecule has 30 heavy (non-hydrogen) atoms. The maximum atomic E-state index is 14.2. The number of carbonyl (C=O) groups excluding carboxylic acids is 1. The first-order valence-electron chi connectivity index (χ1n) is 9.16. The third-order valence-electron chi connectivity index (χ3n) is 4.28. The number of oxazole rings is 1. The molecule has 0 fully saturated rings. The van der Waals surface area contributed by atoms with Gasteiger partial charge in [-0.1, -0.05) is 29.8 Å². The Bertz CT molecular complexity index is 1060. The molecule has 0 aliphatic heterocycles. The molecular weight excluding hydrogens is 414 g/mol. The van der Waals surface area contributed by atoms with Gasteiger partial charge in [0.05, 0.1) is 6.61 Å². The van der Waals surface area contributed by atoms with Gasteiger partial charge in [0.1, 0.15) is 22.8 Å². The normalized spacial score (nSPS) is 10.8. The van der Waals surface area contributed by atoms with Gasteiger partial charge < -0.3 is 14.9 Å². The van der Waals surface area contributed by atoms with Gasteiger partial charge in [-0.2, -0.15) is 0 Å². The number of aromatic nitrogens is 1. The van der Waals surface area contributed by atoms with Gasteiger partial charge in [0.15, 0.2) is 17.5 Å². The number of nitrogens with zero attached hydrogens (tertiary/aromatic N) is 1. The van der Waals surface area contributed by atoms with E-state index in [0.29, 0.717) is 41.6 Å². The van der Waals surface area contributed by atoms with Crippen LogP contribution in [0.25, 0.3) is 11.3 Å². The summed E-state index contributed by atoms with van der Waals surface area (Å²) in [5.74, 6) is -2.41. The molecule has 0 bridgehead atoms. The average Bonchev–Trinajstić information content (AvgIpc) is 3.10.